The van der Waals surface area contributed by atoms with E-state index in [0.717, 1.165) is 29.3 Å². The van der Waals surface area contributed by atoms with Gasteiger partial charge in [-0.3, -0.25) is 9.59 Å². The van der Waals surface area contributed by atoms with Gasteiger partial charge in [-0.15, -0.1) is 0 Å². The molecule has 6 nitrogen and oxygen atoms in total. The minimum atomic E-state index is -4.58. The number of piperazine rings is 1. The van der Waals surface area contributed by atoms with E-state index in [1.165, 1.54) is 23.2 Å². The number of amides is 2. The quantitative estimate of drug-likeness (QED) is 0.713. The highest BCUT2D eigenvalue weighted by Crippen LogP contribution is 2.54. The van der Waals surface area contributed by atoms with Crippen LogP contribution in [0.4, 0.5) is 13.2 Å². The summed E-state index contributed by atoms with van der Waals surface area (Å²) in [6, 6.07) is 2.86. The molecule has 6 rings (SSSR count). The van der Waals surface area contributed by atoms with Gasteiger partial charge in [0.25, 0.3) is 5.91 Å². The topological polar surface area (TPSA) is 66.7 Å². The molecule has 4 fully saturated rings. The molecule has 9 heteroatoms. The van der Waals surface area contributed by atoms with Gasteiger partial charge in [0.15, 0.2) is 5.69 Å². The normalized spacial score (nSPS) is 26.1. The van der Waals surface area contributed by atoms with Gasteiger partial charge < -0.3 is 10.2 Å². The number of aromatic nitrogens is 2. The molecule has 2 aromatic rings. The molecule has 2 aromatic heterocycles. The predicted molar refractivity (Wildman–Crippen MR) is 120 cm³/mol. The molecule has 1 N–H and O–H groups in total. The van der Waals surface area contributed by atoms with E-state index in [1.54, 1.807) is 25.8 Å². The molecule has 3 heterocycles. The third-order valence-electron chi connectivity index (χ3n) is 7.78. The largest absolute Gasteiger partial charge is 0.433 e. The van der Waals surface area contributed by atoms with Gasteiger partial charge in [0.2, 0.25) is 5.91 Å². The Balaban J connectivity index is 0.000000290. The van der Waals surface area contributed by atoms with Crippen LogP contribution in [0.15, 0.2) is 12.1 Å². The standard InChI is InChI=1S/C18H19F3N4O2.C7H12/c1-2-12-13-7-11(10-3-4-10)8-14(18(19,20)21)25(13)23-16(12)17(27)24-6-5-22-15(26)9-24;1-5-2-3-6-4-7(5)6/h7-8,10H,2-6,9H2,1H3,(H,22,26);5-7H,2-4H2,1H3. The molecule has 4 aliphatic rings. The van der Waals surface area contributed by atoms with Crippen LogP contribution in [0.5, 0.6) is 0 Å². The number of nitrogens with zero attached hydrogens (tertiary/aromatic N) is 3. The minimum Gasteiger partial charge on any atom is -0.353 e. The minimum absolute atomic E-state index is 0.00866. The highest BCUT2D eigenvalue weighted by molar-refractivity contribution is 5.98. The number of carbonyl (C=O) groups is 2. The van der Waals surface area contributed by atoms with E-state index in [-0.39, 0.29) is 24.1 Å². The van der Waals surface area contributed by atoms with Crippen molar-refractivity contribution in [1.82, 2.24) is 19.8 Å². The first kappa shape index (κ1) is 23.2. The SMILES string of the molecule is CC1CCC2CC12.CCc1c(C(=O)N2CCNC(=O)C2)nn2c(C(F)(F)F)cc(C3CC3)cc12. The first-order valence-corrected chi connectivity index (χ1v) is 12.4. The van der Waals surface area contributed by atoms with Gasteiger partial charge in [0.05, 0.1) is 12.1 Å². The van der Waals surface area contributed by atoms with Crippen LogP contribution in [0.1, 0.15) is 79.2 Å². The maximum Gasteiger partial charge on any atom is 0.433 e. The van der Waals surface area contributed by atoms with Crippen LogP contribution in [-0.2, 0) is 17.4 Å². The van der Waals surface area contributed by atoms with Crippen molar-refractivity contribution in [2.75, 3.05) is 19.6 Å². The average Bonchev–Trinajstić information content (AvgIpc) is 3.72. The second-order valence-corrected chi connectivity index (χ2v) is 10.2. The summed E-state index contributed by atoms with van der Waals surface area (Å²) in [6.45, 7) is 4.70. The van der Waals surface area contributed by atoms with Crippen molar-refractivity contribution in [3.63, 3.8) is 0 Å². The first-order valence-electron chi connectivity index (χ1n) is 12.4. The van der Waals surface area contributed by atoms with E-state index in [2.05, 4.69) is 17.3 Å². The smallest absolute Gasteiger partial charge is 0.353 e. The fourth-order valence-corrected chi connectivity index (χ4v) is 5.54. The Labute approximate surface area is 196 Å². The van der Waals surface area contributed by atoms with Gasteiger partial charge in [-0.2, -0.15) is 18.3 Å². The van der Waals surface area contributed by atoms with Gasteiger partial charge in [-0.25, -0.2) is 4.52 Å². The van der Waals surface area contributed by atoms with E-state index in [1.807, 2.05) is 0 Å². The zero-order valence-electron chi connectivity index (χ0n) is 19.6. The Morgan fingerprint density at radius 3 is 2.47 bits per heavy atom. The lowest BCUT2D eigenvalue weighted by molar-refractivity contribution is -0.142. The van der Waals surface area contributed by atoms with Crippen LogP contribution >= 0.6 is 0 Å². The number of fused-ring (bicyclic) bond motifs is 2. The summed E-state index contributed by atoms with van der Waals surface area (Å²) < 4.78 is 41.7. The van der Waals surface area contributed by atoms with Crippen LogP contribution < -0.4 is 5.32 Å². The van der Waals surface area contributed by atoms with Crippen LogP contribution in [-0.4, -0.2) is 46.0 Å². The molecule has 1 saturated heterocycles. The van der Waals surface area contributed by atoms with Crippen molar-refractivity contribution < 1.29 is 22.8 Å². The number of nitrogens with one attached hydrogen (secondary N) is 1. The Morgan fingerprint density at radius 2 is 1.97 bits per heavy atom. The second-order valence-electron chi connectivity index (χ2n) is 10.2. The molecule has 1 aliphatic heterocycles. The number of rotatable bonds is 3. The molecule has 34 heavy (non-hydrogen) atoms. The molecule has 3 aliphatic carbocycles. The number of carbonyl (C=O) groups excluding carboxylic acids is 2. The molecule has 3 saturated carbocycles. The number of aryl methyl sites for hydroxylation is 1. The van der Waals surface area contributed by atoms with E-state index >= 15 is 0 Å². The fourth-order valence-electron chi connectivity index (χ4n) is 5.54. The summed E-state index contributed by atoms with van der Waals surface area (Å²) in [5.41, 5.74) is 0.566. The molecular weight excluding hydrogens is 445 g/mol. The Bertz CT molecular complexity index is 1120. The first-order chi connectivity index (χ1) is 16.2. The predicted octanol–water partition coefficient (Wildman–Crippen LogP) is 4.42. The van der Waals surface area contributed by atoms with Crippen molar-refractivity contribution in [3.05, 3.63) is 34.6 Å². The summed E-state index contributed by atoms with van der Waals surface area (Å²) in [5, 5.41) is 6.67. The molecule has 2 amide bonds. The van der Waals surface area contributed by atoms with Crippen molar-refractivity contribution in [1.29, 1.82) is 0 Å². The van der Waals surface area contributed by atoms with Crippen LogP contribution in [0.3, 0.4) is 0 Å². The van der Waals surface area contributed by atoms with Crippen LogP contribution in [0.25, 0.3) is 5.52 Å². The van der Waals surface area contributed by atoms with Gasteiger partial charge in [0.1, 0.15) is 5.69 Å². The third-order valence-corrected chi connectivity index (χ3v) is 7.78. The van der Waals surface area contributed by atoms with E-state index in [0.29, 0.717) is 36.2 Å². The van der Waals surface area contributed by atoms with Crippen LogP contribution in [0, 0.1) is 17.8 Å². The van der Waals surface area contributed by atoms with Crippen molar-refractivity contribution in [3.8, 4) is 0 Å². The molecule has 0 bridgehead atoms. The van der Waals surface area contributed by atoms with E-state index < -0.39 is 17.8 Å². The molecule has 3 unspecified atom stereocenters. The molecule has 184 valence electrons. The van der Waals surface area contributed by atoms with Gasteiger partial charge in [-0.05, 0) is 73.5 Å². The number of hydrogen-bond acceptors (Lipinski definition) is 3. The summed E-state index contributed by atoms with van der Waals surface area (Å²) >= 11 is 0. The monoisotopic (exact) mass is 476 g/mol. The highest BCUT2D eigenvalue weighted by Gasteiger charge is 2.45. The number of pyridine rings is 1. The molecular formula is C25H31F3N4O2. The zero-order valence-corrected chi connectivity index (χ0v) is 19.6. The summed E-state index contributed by atoms with van der Waals surface area (Å²) in [4.78, 5) is 25.8. The highest BCUT2D eigenvalue weighted by atomic mass is 19.4. The molecule has 0 aromatic carbocycles. The van der Waals surface area contributed by atoms with Gasteiger partial charge in [0, 0.05) is 18.7 Å². The average molecular weight is 477 g/mol. The summed E-state index contributed by atoms with van der Waals surface area (Å²) in [7, 11) is 0. The van der Waals surface area contributed by atoms with Gasteiger partial charge >= 0.3 is 6.18 Å². The van der Waals surface area contributed by atoms with Crippen molar-refractivity contribution >= 4 is 17.3 Å². The number of alkyl halides is 3. The lowest BCUT2D eigenvalue weighted by Crippen LogP contribution is -2.50. The third kappa shape index (κ3) is 4.41. The van der Waals surface area contributed by atoms with Crippen LogP contribution in [0.2, 0.25) is 0 Å². The molecule has 3 atom stereocenters. The number of hydrogen-bond donors (Lipinski definition) is 1. The Hall–Kier alpha value is -2.58. The maximum atomic E-state index is 13.6. The van der Waals surface area contributed by atoms with E-state index in [4.69, 9.17) is 0 Å². The van der Waals surface area contributed by atoms with Gasteiger partial charge in [-0.1, -0.05) is 20.3 Å². The maximum absolute atomic E-state index is 13.6. The summed E-state index contributed by atoms with van der Waals surface area (Å²) in [6.07, 6.45) is 2.18. The fraction of sp³-hybridized carbons (Fsp3) is 0.640. The summed E-state index contributed by atoms with van der Waals surface area (Å²) in [5.74, 6) is 2.80. The second kappa shape index (κ2) is 8.57. The Kier molecular flexibility index (Phi) is 5.84. The lowest BCUT2D eigenvalue weighted by Gasteiger charge is -2.26. The molecule has 0 radical (unpaired) electrons. The molecule has 0 spiro atoms. The van der Waals surface area contributed by atoms with Crippen molar-refractivity contribution in [2.45, 2.75) is 64.5 Å². The Morgan fingerprint density at radius 1 is 1.21 bits per heavy atom. The zero-order chi connectivity index (χ0) is 24.2. The lowest BCUT2D eigenvalue weighted by atomic mass is 10.1. The number of halogens is 3. The van der Waals surface area contributed by atoms with Crippen molar-refractivity contribution in [2.24, 2.45) is 17.8 Å². The van der Waals surface area contributed by atoms with E-state index in [9.17, 15) is 22.8 Å².